The molecule has 0 aliphatic heterocycles. The number of carbonyl (C=O) groups excluding carboxylic acids is 2. The molecule has 0 spiro atoms. The SMILES string of the molecule is CC(C)[C@H](NOC(=O)N(C)c1ccccc1)C(N)=O. The van der Waals surface area contributed by atoms with Gasteiger partial charge in [0.2, 0.25) is 5.91 Å². The van der Waals surface area contributed by atoms with Gasteiger partial charge in [0.25, 0.3) is 0 Å². The molecule has 0 bridgehead atoms. The van der Waals surface area contributed by atoms with Gasteiger partial charge in [-0.05, 0) is 18.1 Å². The van der Waals surface area contributed by atoms with Crippen molar-refractivity contribution in [1.82, 2.24) is 5.48 Å². The van der Waals surface area contributed by atoms with Crippen molar-refractivity contribution < 1.29 is 14.4 Å². The van der Waals surface area contributed by atoms with E-state index in [-0.39, 0.29) is 5.92 Å². The molecular formula is C13H19N3O3. The Kier molecular flexibility index (Phi) is 5.32. The highest BCUT2D eigenvalue weighted by atomic mass is 16.7. The van der Waals surface area contributed by atoms with Gasteiger partial charge in [-0.25, -0.2) is 4.79 Å². The molecular weight excluding hydrogens is 246 g/mol. The van der Waals surface area contributed by atoms with E-state index in [0.29, 0.717) is 5.69 Å². The van der Waals surface area contributed by atoms with Crippen LogP contribution in [0.25, 0.3) is 0 Å². The van der Waals surface area contributed by atoms with Gasteiger partial charge in [-0.15, -0.1) is 5.48 Å². The van der Waals surface area contributed by atoms with Crippen LogP contribution in [0, 0.1) is 5.92 Å². The predicted octanol–water partition coefficient (Wildman–Crippen LogP) is 1.27. The number of rotatable bonds is 5. The molecule has 0 radical (unpaired) electrons. The maximum Gasteiger partial charge on any atom is 0.432 e. The average Bonchev–Trinajstić information content (AvgIpc) is 2.38. The van der Waals surface area contributed by atoms with Gasteiger partial charge in [0.15, 0.2) is 0 Å². The average molecular weight is 265 g/mol. The van der Waals surface area contributed by atoms with E-state index >= 15 is 0 Å². The first kappa shape index (κ1) is 15.0. The Balaban J connectivity index is 2.58. The van der Waals surface area contributed by atoms with Crippen LogP contribution in [-0.2, 0) is 9.63 Å². The first-order valence-electron chi connectivity index (χ1n) is 5.98. The molecule has 1 aromatic rings. The summed E-state index contributed by atoms with van der Waals surface area (Å²) in [6.45, 7) is 3.61. The zero-order valence-corrected chi connectivity index (χ0v) is 11.3. The molecule has 1 rings (SSSR count). The summed E-state index contributed by atoms with van der Waals surface area (Å²) in [6, 6.07) is 8.31. The Bertz CT molecular complexity index is 434. The normalized spacial score (nSPS) is 12.0. The zero-order valence-electron chi connectivity index (χ0n) is 11.3. The Hall–Kier alpha value is -2.08. The van der Waals surface area contributed by atoms with Crippen molar-refractivity contribution in [2.75, 3.05) is 11.9 Å². The number of carbonyl (C=O) groups is 2. The van der Waals surface area contributed by atoms with Crippen LogP contribution in [0.4, 0.5) is 10.5 Å². The van der Waals surface area contributed by atoms with E-state index in [1.807, 2.05) is 18.2 Å². The van der Waals surface area contributed by atoms with E-state index in [2.05, 4.69) is 5.48 Å². The van der Waals surface area contributed by atoms with Crippen molar-refractivity contribution in [2.24, 2.45) is 11.7 Å². The summed E-state index contributed by atoms with van der Waals surface area (Å²) < 4.78 is 0. The number of nitrogens with zero attached hydrogens (tertiary/aromatic N) is 1. The topological polar surface area (TPSA) is 84.7 Å². The summed E-state index contributed by atoms with van der Waals surface area (Å²) in [5.41, 5.74) is 8.30. The predicted molar refractivity (Wildman–Crippen MR) is 72.3 cm³/mol. The molecule has 104 valence electrons. The number of amides is 2. The first-order chi connectivity index (χ1) is 8.93. The Labute approximate surface area is 112 Å². The van der Waals surface area contributed by atoms with Crippen LogP contribution in [0.3, 0.4) is 0 Å². The molecule has 6 heteroatoms. The van der Waals surface area contributed by atoms with E-state index in [4.69, 9.17) is 10.6 Å². The number of anilines is 1. The summed E-state index contributed by atoms with van der Waals surface area (Å²) in [5, 5.41) is 0. The Morgan fingerprint density at radius 2 is 1.84 bits per heavy atom. The molecule has 0 aromatic heterocycles. The third-order valence-electron chi connectivity index (χ3n) is 2.66. The fraction of sp³-hybridized carbons (Fsp3) is 0.385. The molecule has 0 aliphatic rings. The third-order valence-corrected chi connectivity index (χ3v) is 2.66. The zero-order chi connectivity index (χ0) is 14.4. The van der Waals surface area contributed by atoms with Crippen molar-refractivity contribution in [3.05, 3.63) is 30.3 Å². The molecule has 0 saturated carbocycles. The van der Waals surface area contributed by atoms with E-state index in [0.717, 1.165) is 0 Å². The van der Waals surface area contributed by atoms with Crippen LogP contribution in [0.1, 0.15) is 13.8 Å². The van der Waals surface area contributed by atoms with Gasteiger partial charge >= 0.3 is 6.09 Å². The summed E-state index contributed by atoms with van der Waals surface area (Å²) in [7, 11) is 1.58. The Morgan fingerprint density at radius 3 is 2.32 bits per heavy atom. The van der Waals surface area contributed by atoms with E-state index in [1.54, 1.807) is 33.0 Å². The van der Waals surface area contributed by atoms with E-state index in [9.17, 15) is 9.59 Å². The minimum absolute atomic E-state index is 0.0765. The molecule has 0 fully saturated rings. The summed E-state index contributed by atoms with van der Waals surface area (Å²) >= 11 is 0. The molecule has 1 atom stereocenters. The number of para-hydroxylation sites is 1. The first-order valence-corrected chi connectivity index (χ1v) is 5.98. The maximum atomic E-state index is 11.8. The van der Waals surface area contributed by atoms with E-state index < -0.39 is 18.0 Å². The molecule has 1 aromatic carbocycles. The lowest BCUT2D eigenvalue weighted by molar-refractivity contribution is -0.123. The summed E-state index contributed by atoms with van der Waals surface area (Å²) in [6.07, 6.45) is -0.613. The quantitative estimate of drug-likeness (QED) is 0.785. The second kappa shape index (κ2) is 6.75. The van der Waals surface area contributed by atoms with Crippen molar-refractivity contribution >= 4 is 17.7 Å². The lowest BCUT2D eigenvalue weighted by Gasteiger charge is -2.21. The van der Waals surface area contributed by atoms with Crippen LogP contribution in [0.5, 0.6) is 0 Å². The highest BCUT2D eigenvalue weighted by Crippen LogP contribution is 2.11. The molecule has 3 N–H and O–H groups in total. The van der Waals surface area contributed by atoms with Crippen molar-refractivity contribution in [1.29, 1.82) is 0 Å². The summed E-state index contributed by atoms with van der Waals surface area (Å²) in [4.78, 5) is 29.1. The van der Waals surface area contributed by atoms with Gasteiger partial charge in [-0.3, -0.25) is 9.69 Å². The largest absolute Gasteiger partial charge is 0.432 e. The minimum atomic E-state index is -0.715. The second-order valence-corrected chi connectivity index (χ2v) is 4.50. The van der Waals surface area contributed by atoms with Crippen molar-refractivity contribution in [3.8, 4) is 0 Å². The van der Waals surface area contributed by atoms with Crippen molar-refractivity contribution in [3.63, 3.8) is 0 Å². The molecule has 0 saturated heterocycles. The smallest absolute Gasteiger partial charge is 0.368 e. The number of nitrogens with two attached hydrogens (primary N) is 1. The number of hydroxylamine groups is 1. The lowest BCUT2D eigenvalue weighted by atomic mass is 10.1. The molecule has 19 heavy (non-hydrogen) atoms. The highest BCUT2D eigenvalue weighted by molar-refractivity contribution is 5.87. The maximum absolute atomic E-state index is 11.8. The monoisotopic (exact) mass is 265 g/mol. The van der Waals surface area contributed by atoms with Gasteiger partial charge < -0.3 is 10.6 Å². The van der Waals surface area contributed by atoms with Crippen LogP contribution in [0.2, 0.25) is 0 Å². The van der Waals surface area contributed by atoms with Crippen LogP contribution in [-0.4, -0.2) is 25.1 Å². The molecule has 2 amide bonds. The third kappa shape index (κ3) is 4.26. The van der Waals surface area contributed by atoms with Gasteiger partial charge in [-0.1, -0.05) is 32.0 Å². The number of hydrogen-bond donors (Lipinski definition) is 2. The van der Waals surface area contributed by atoms with Crippen LogP contribution < -0.4 is 16.1 Å². The molecule has 6 nitrogen and oxygen atoms in total. The van der Waals surface area contributed by atoms with Gasteiger partial charge in [0, 0.05) is 12.7 Å². The molecule has 0 heterocycles. The second-order valence-electron chi connectivity index (χ2n) is 4.50. The number of nitrogens with one attached hydrogen (secondary N) is 1. The van der Waals surface area contributed by atoms with Gasteiger partial charge in [-0.2, -0.15) is 0 Å². The number of primary amides is 1. The molecule has 0 aliphatic carbocycles. The van der Waals surface area contributed by atoms with Crippen molar-refractivity contribution in [2.45, 2.75) is 19.9 Å². The van der Waals surface area contributed by atoms with Crippen LogP contribution >= 0.6 is 0 Å². The Morgan fingerprint density at radius 1 is 1.26 bits per heavy atom. The van der Waals surface area contributed by atoms with Gasteiger partial charge in [0.1, 0.15) is 6.04 Å². The minimum Gasteiger partial charge on any atom is -0.368 e. The number of hydrogen-bond acceptors (Lipinski definition) is 4. The van der Waals surface area contributed by atoms with Gasteiger partial charge in [0.05, 0.1) is 0 Å². The van der Waals surface area contributed by atoms with E-state index in [1.165, 1.54) is 4.90 Å². The fourth-order valence-corrected chi connectivity index (χ4v) is 1.46. The fourth-order valence-electron chi connectivity index (χ4n) is 1.46. The standard InChI is InChI=1S/C13H19N3O3/c1-9(2)11(12(14)17)15-19-13(18)16(3)10-7-5-4-6-8-10/h4-9,11,15H,1-3H3,(H2,14,17)/t11-/m0/s1. The summed E-state index contributed by atoms with van der Waals surface area (Å²) in [5.74, 6) is -0.641. The highest BCUT2D eigenvalue weighted by Gasteiger charge is 2.22. The lowest BCUT2D eigenvalue weighted by Crippen LogP contribution is -2.47. The number of benzene rings is 1. The van der Waals surface area contributed by atoms with Crippen LogP contribution in [0.15, 0.2) is 30.3 Å². The molecule has 0 unspecified atom stereocenters.